The van der Waals surface area contributed by atoms with E-state index in [-0.39, 0.29) is 0 Å². The van der Waals surface area contributed by atoms with Crippen LogP contribution in [0.25, 0.3) is 21.5 Å². The van der Waals surface area contributed by atoms with Crippen LogP contribution in [0.2, 0.25) is 0 Å². The van der Waals surface area contributed by atoms with Gasteiger partial charge < -0.3 is 0 Å². The molecular weight excluding hydrogens is 414 g/mol. The first-order valence-electron chi connectivity index (χ1n) is 7.77. The van der Waals surface area contributed by atoms with Gasteiger partial charge in [0.2, 0.25) is 0 Å². The molecule has 0 amide bonds. The van der Waals surface area contributed by atoms with Crippen molar-refractivity contribution in [2.24, 2.45) is 0 Å². The second kappa shape index (κ2) is 7.23. The van der Waals surface area contributed by atoms with Crippen molar-refractivity contribution in [1.82, 2.24) is 15.2 Å². The zero-order chi connectivity index (χ0) is 17.2. The number of hydrogen-bond donors (Lipinski definition) is 0. The maximum atomic E-state index is 4.71. The lowest BCUT2D eigenvalue weighted by molar-refractivity contribution is 0.955. The average Bonchev–Trinajstić information content (AvgIpc) is 3.03. The van der Waals surface area contributed by atoms with Gasteiger partial charge in [0.05, 0.1) is 9.71 Å². The van der Waals surface area contributed by atoms with Crippen molar-refractivity contribution >= 4 is 49.2 Å². The van der Waals surface area contributed by atoms with E-state index >= 15 is 0 Å². The molecule has 0 saturated carbocycles. The number of aromatic nitrogens is 3. The molecule has 2 aromatic heterocycles. The molecule has 0 atom stereocenters. The molecule has 6 heteroatoms. The van der Waals surface area contributed by atoms with Crippen LogP contribution in [-0.4, -0.2) is 15.2 Å². The summed E-state index contributed by atoms with van der Waals surface area (Å²) in [6, 6.07) is 18.5. The highest BCUT2D eigenvalue weighted by Gasteiger charge is 2.15. The molecule has 4 rings (SSSR count). The molecule has 0 unspecified atom stereocenters. The summed E-state index contributed by atoms with van der Waals surface area (Å²) in [5.74, 6) is 0.846. The van der Waals surface area contributed by atoms with Crippen LogP contribution < -0.4 is 0 Å². The maximum absolute atomic E-state index is 4.71. The van der Waals surface area contributed by atoms with Crippen molar-refractivity contribution in [1.29, 1.82) is 0 Å². The fraction of sp³-hybridized carbons (Fsp3) is 0.105. The number of aryl methyl sites for hydroxylation is 1. The molecule has 4 aromatic rings. The van der Waals surface area contributed by atoms with Crippen molar-refractivity contribution in [3.8, 4) is 11.3 Å². The summed E-state index contributed by atoms with van der Waals surface area (Å²) >= 11 is 6.83. The number of hydrogen-bond acceptors (Lipinski definition) is 5. The van der Waals surface area contributed by atoms with Crippen LogP contribution >= 0.6 is 39.0 Å². The third kappa shape index (κ3) is 3.61. The van der Waals surface area contributed by atoms with E-state index in [9.17, 15) is 0 Å². The Balaban J connectivity index is 1.70. The van der Waals surface area contributed by atoms with E-state index in [1.54, 1.807) is 23.1 Å². The minimum atomic E-state index is 0.846. The Morgan fingerprint density at radius 3 is 2.52 bits per heavy atom. The molecule has 0 saturated heterocycles. The minimum absolute atomic E-state index is 0.846. The zero-order valence-electron chi connectivity index (χ0n) is 13.4. The standard InChI is InChI=1S/C19H14BrN3S2/c1-12-21-17-18(25-12)16(14-5-3-2-4-6-14)22-23-19(17)24-11-13-7-9-15(20)10-8-13/h2-10H,11H2,1H3. The van der Waals surface area contributed by atoms with Crippen molar-refractivity contribution in [3.63, 3.8) is 0 Å². The van der Waals surface area contributed by atoms with Gasteiger partial charge in [0.15, 0.2) is 0 Å². The Hall–Kier alpha value is -1.76. The summed E-state index contributed by atoms with van der Waals surface area (Å²) in [4.78, 5) is 4.71. The van der Waals surface area contributed by atoms with Gasteiger partial charge in [0.1, 0.15) is 16.2 Å². The molecule has 124 valence electrons. The Labute approximate surface area is 162 Å². The molecule has 0 fully saturated rings. The molecule has 2 heterocycles. The van der Waals surface area contributed by atoms with Crippen LogP contribution in [0.5, 0.6) is 0 Å². The van der Waals surface area contributed by atoms with Crippen LogP contribution in [0.1, 0.15) is 10.6 Å². The van der Waals surface area contributed by atoms with E-state index in [4.69, 9.17) is 4.98 Å². The van der Waals surface area contributed by atoms with E-state index in [1.807, 2.05) is 25.1 Å². The SMILES string of the molecule is Cc1nc2c(SCc3ccc(Br)cc3)nnc(-c3ccccc3)c2s1. The van der Waals surface area contributed by atoms with Gasteiger partial charge in [-0.25, -0.2) is 4.98 Å². The van der Waals surface area contributed by atoms with Crippen LogP contribution in [0.4, 0.5) is 0 Å². The van der Waals surface area contributed by atoms with E-state index < -0.39 is 0 Å². The predicted octanol–water partition coefficient (Wildman–Crippen LogP) is 6.12. The van der Waals surface area contributed by atoms with E-state index in [0.717, 1.165) is 41.7 Å². The van der Waals surface area contributed by atoms with Gasteiger partial charge in [-0.15, -0.1) is 21.5 Å². The number of halogens is 1. The molecule has 0 aliphatic carbocycles. The summed E-state index contributed by atoms with van der Waals surface area (Å²) in [6.07, 6.45) is 0. The van der Waals surface area contributed by atoms with Gasteiger partial charge in [-0.1, -0.05) is 70.2 Å². The van der Waals surface area contributed by atoms with Crippen molar-refractivity contribution in [3.05, 3.63) is 69.6 Å². The normalized spacial score (nSPS) is 11.1. The molecule has 0 bridgehead atoms. The number of thiazole rings is 1. The molecule has 0 aliphatic rings. The Kier molecular flexibility index (Phi) is 4.83. The third-order valence-corrected chi connectivity index (χ3v) is 6.26. The molecule has 0 N–H and O–H groups in total. The van der Waals surface area contributed by atoms with Crippen molar-refractivity contribution in [2.75, 3.05) is 0 Å². The summed E-state index contributed by atoms with van der Waals surface area (Å²) in [5, 5.41) is 10.9. The summed E-state index contributed by atoms with van der Waals surface area (Å²) in [6.45, 7) is 2.03. The van der Waals surface area contributed by atoms with Crippen LogP contribution in [0, 0.1) is 6.92 Å². The molecule has 25 heavy (non-hydrogen) atoms. The highest BCUT2D eigenvalue weighted by Crippen LogP contribution is 2.36. The lowest BCUT2D eigenvalue weighted by Gasteiger charge is -2.05. The Morgan fingerprint density at radius 1 is 1.00 bits per heavy atom. The van der Waals surface area contributed by atoms with Gasteiger partial charge in [0.25, 0.3) is 0 Å². The highest BCUT2D eigenvalue weighted by molar-refractivity contribution is 9.10. The fourth-order valence-electron chi connectivity index (χ4n) is 2.54. The van der Waals surface area contributed by atoms with Gasteiger partial charge in [0, 0.05) is 15.8 Å². The molecule has 0 aliphatic heterocycles. The Bertz CT molecular complexity index is 1010. The minimum Gasteiger partial charge on any atom is -0.238 e. The first kappa shape index (κ1) is 16.7. The maximum Gasteiger partial charge on any atom is 0.146 e. The van der Waals surface area contributed by atoms with Gasteiger partial charge in [-0.2, -0.15) is 0 Å². The van der Waals surface area contributed by atoms with Gasteiger partial charge in [-0.3, -0.25) is 0 Å². The highest BCUT2D eigenvalue weighted by atomic mass is 79.9. The lowest BCUT2D eigenvalue weighted by Crippen LogP contribution is -1.93. The number of rotatable bonds is 4. The number of fused-ring (bicyclic) bond motifs is 1. The van der Waals surface area contributed by atoms with E-state index in [1.165, 1.54) is 5.56 Å². The molecule has 0 spiro atoms. The number of benzene rings is 2. The fourth-order valence-corrected chi connectivity index (χ4v) is 4.67. The largest absolute Gasteiger partial charge is 0.238 e. The molecular formula is C19H14BrN3S2. The third-order valence-electron chi connectivity index (χ3n) is 3.73. The topological polar surface area (TPSA) is 38.7 Å². The quantitative estimate of drug-likeness (QED) is 0.367. The second-order valence-corrected chi connectivity index (χ2v) is 8.63. The van der Waals surface area contributed by atoms with E-state index in [0.29, 0.717) is 0 Å². The first-order valence-corrected chi connectivity index (χ1v) is 10.4. The van der Waals surface area contributed by atoms with Crippen LogP contribution in [-0.2, 0) is 5.75 Å². The second-order valence-electron chi connectivity index (χ2n) is 5.55. The monoisotopic (exact) mass is 427 g/mol. The summed E-state index contributed by atoms with van der Waals surface area (Å²) in [7, 11) is 0. The summed E-state index contributed by atoms with van der Waals surface area (Å²) < 4.78 is 2.20. The van der Waals surface area contributed by atoms with Gasteiger partial charge >= 0.3 is 0 Å². The smallest absolute Gasteiger partial charge is 0.146 e. The molecule has 3 nitrogen and oxygen atoms in total. The Morgan fingerprint density at radius 2 is 1.76 bits per heavy atom. The number of thioether (sulfide) groups is 1. The van der Waals surface area contributed by atoms with Crippen molar-refractivity contribution < 1.29 is 0 Å². The molecule has 0 radical (unpaired) electrons. The van der Waals surface area contributed by atoms with Crippen LogP contribution in [0.15, 0.2) is 64.1 Å². The zero-order valence-corrected chi connectivity index (χ0v) is 16.7. The van der Waals surface area contributed by atoms with Crippen LogP contribution in [0.3, 0.4) is 0 Å². The summed E-state index contributed by atoms with van der Waals surface area (Å²) in [5.41, 5.74) is 4.20. The van der Waals surface area contributed by atoms with E-state index in [2.05, 4.69) is 62.5 Å². The van der Waals surface area contributed by atoms with Gasteiger partial charge in [-0.05, 0) is 24.6 Å². The lowest BCUT2D eigenvalue weighted by atomic mass is 10.1. The van der Waals surface area contributed by atoms with Crippen molar-refractivity contribution in [2.45, 2.75) is 17.7 Å². The number of nitrogens with zero attached hydrogens (tertiary/aromatic N) is 3. The predicted molar refractivity (Wildman–Crippen MR) is 109 cm³/mol. The first-order chi connectivity index (χ1) is 12.2. The molecule has 2 aromatic carbocycles. The average molecular weight is 428 g/mol.